The minimum Gasteiger partial charge on any atom is -0.179 e. The Morgan fingerprint density at radius 3 is 2.80 bits per heavy atom. The lowest BCUT2D eigenvalue weighted by molar-refractivity contribution is 1.16. The first kappa shape index (κ1) is 8.40. The fourth-order valence-corrected chi connectivity index (χ4v) is 1.69. The molecule has 0 amide bonds. The van der Waals surface area contributed by atoms with Gasteiger partial charge in [-0.25, -0.2) is 0 Å². The van der Waals surface area contributed by atoms with E-state index in [0.29, 0.717) is 0 Å². The highest BCUT2D eigenvalue weighted by Crippen LogP contribution is 2.08. The van der Waals surface area contributed by atoms with Crippen molar-refractivity contribution < 1.29 is 0 Å². The Hall–Kier alpha value is 0.300. The van der Waals surface area contributed by atoms with E-state index in [-0.39, 0.29) is 0 Å². The van der Waals surface area contributed by atoms with Crippen molar-refractivity contribution in [1.82, 2.24) is 0 Å². The largest absolute Gasteiger partial charge is 0.179 e. The van der Waals surface area contributed by atoms with Crippen molar-refractivity contribution >= 4 is 35.2 Å². The molecular formula is C8H9IS. The van der Waals surface area contributed by atoms with Crippen LogP contribution in [0.1, 0.15) is 5.56 Å². The summed E-state index contributed by atoms with van der Waals surface area (Å²) in [4.78, 5) is 0. The van der Waals surface area contributed by atoms with Crippen molar-refractivity contribution in [2.24, 2.45) is 0 Å². The molecule has 0 fully saturated rings. The van der Waals surface area contributed by atoms with Gasteiger partial charge >= 0.3 is 0 Å². The zero-order chi connectivity index (χ0) is 7.40. The molecule has 0 spiro atoms. The maximum Gasteiger partial charge on any atom is 0.0133 e. The van der Waals surface area contributed by atoms with E-state index < -0.39 is 0 Å². The van der Waals surface area contributed by atoms with Crippen molar-refractivity contribution in [1.29, 1.82) is 0 Å². The van der Waals surface area contributed by atoms with E-state index >= 15 is 0 Å². The summed E-state index contributed by atoms with van der Waals surface area (Å²) < 4.78 is 1.30. The van der Waals surface area contributed by atoms with Crippen molar-refractivity contribution in [3.8, 4) is 0 Å². The van der Waals surface area contributed by atoms with Gasteiger partial charge < -0.3 is 0 Å². The van der Waals surface area contributed by atoms with Crippen molar-refractivity contribution in [2.45, 2.75) is 6.42 Å². The second-order valence-electron chi connectivity index (χ2n) is 2.10. The van der Waals surface area contributed by atoms with E-state index in [9.17, 15) is 0 Å². The molecule has 0 unspecified atom stereocenters. The van der Waals surface area contributed by atoms with Gasteiger partial charge in [-0.15, -0.1) is 0 Å². The van der Waals surface area contributed by atoms with Crippen LogP contribution in [0.25, 0.3) is 0 Å². The standard InChI is InChI=1S/C8H9IS/c9-8-3-1-2-7(6-8)4-5-10/h1-3,6,10H,4-5H2. The lowest BCUT2D eigenvalue weighted by Crippen LogP contribution is -1.85. The SMILES string of the molecule is SCCc1cccc(I)c1. The van der Waals surface area contributed by atoms with Crippen LogP contribution in [0.5, 0.6) is 0 Å². The minimum atomic E-state index is 0.931. The van der Waals surface area contributed by atoms with Gasteiger partial charge in [0.1, 0.15) is 0 Å². The van der Waals surface area contributed by atoms with Crippen LogP contribution in [-0.2, 0) is 6.42 Å². The number of hydrogen-bond acceptors (Lipinski definition) is 1. The van der Waals surface area contributed by atoms with Crippen LogP contribution >= 0.6 is 35.2 Å². The molecule has 0 heterocycles. The van der Waals surface area contributed by atoms with Crippen molar-refractivity contribution in [2.75, 3.05) is 5.75 Å². The first-order chi connectivity index (χ1) is 4.83. The van der Waals surface area contributed by atoms with Gasteiger partial charge in [-0.05, 0) is 52.5 Å². The van der Waals surface area contributed by atoms with E-state index in [0.717, 1.165) is 12.2 Å². The molecule has 0 aliphatic carbocycles. The summed E-state index contributed by atoms with van der Waals surface area (Å²) in [7, 11) is 0. The van der Waals surface area contributed by atoms with Crippen LogP contribution in [0.15, 0.2) is 24.3 Å². The molecule has 0 nitrogen and oxygen atoms in total. The summed E-state index contributed by atoms with van der Waals surface area (Å²) in [6.45, 7) is 0. The van der Waals surface area contributed by atoms with Gasteiger partial charge in [0, 0.05) is 3.57 Å². The molecule has 1 rings (SSSR count). The highest BCUT2D eigenvalue weighted by molar-refractivity contribution is 14.1. The van der Waals surface area contributed by atoms with Crippen molar-refractivity contribution in [3.63, 3.8) is 0 Å². The van der Waals surface area contributed by atoms with E-state index in [4.69, 9.17) is 0 Å². The number of halogens is 1. The van der Waals surface area contributed by atoms with Crippen LogP contribution in [0.2, 0.25) is 0 Å². The Kier molecular flexibility index (Phi) is 3.56. The van der Waals surface area contributed by atoms with Gasteiger partial charge in [-0.1, -0.05) is 12.1 Å². The van der Waals surface area contributed by atoms with Crippen LogP contribution in [0.4, 0.5) is 0 Å². The van der Waals surface area contributed by atoms with Crippen LogP contribution in [-0.4, -0.2) is 5.75 Å². The van der Waals surface area contributed by atoms with Crippen LogP contribution in [0.3, 0.4) is 0 Å². The molecule has 0 aromatic heterocycles. The number of thiol groups is 1. The fraction of sp³-hybridized carbons (Fsp3) is 0.250. The third kappa shape index (κ3) is 2.50. The molecule has 0 aliphatic heterocycles. The molecule has 0 radical (unpaired) electrons. The molecule has 1 aromatic carbocycles. The minimum absolute atomic E-state index is 0.931. The lowest BCUT2D eigenvalue weighted by atomic mass is 10.2. The highest BCUT2D eigenvalue weighted by atomic mass is 127. The summed E-state index contributed by atoms with van der Waals surface area (Å²) in [5, 5.41) is 0. The second kappa shape index (κ2) is 4.23. The van der Waals surface area contributed by atoms with Gasteiger partial charge in [0.2, 0.25) is 0 Å². The van der Waals surface area contributed by atoms with Gasteiger partial charge in [-0.2, -0.15) is 12.6 Å². The van der Waals surface area contributed by atoms with Gasteiger partial charge in [0.25, 0.3) is 0 Å². The van der Waals surface area contributed by atoms with Gasteiger partial charge in [0.15, 0.2) is 0 Å². The Morgan fingerprint density at radius 1 is 1.40 bits per heavy atom. The molecule has 0 aliphatic rings. The summed E-state index contributed by atoms with van der Waals surface area (Å²) in [6, 6.07) is 8.51. The van der Waals surface area contributed by atoms with Gasteiger partial charge in [0.05, 0.1) is 0 Å². The Bertz CT molecular complexity index is 210. The normalized spacial score (nSPS) is 9.80. The zero-order valence-corrected chi connectivity index (χ0v) is 8.60. The second-order valence-corrected chi connectivity index (χ2v) is 3.80. The molecule has 0 saturated heterocycles. The highest BCUT2D eigenvalue weighted by Gasteiger charge is 1.90. The van der Waals surface area contributed by atoms with E-state index in [1.54, 1.807) is 0 Å². The maximum atomic E-state index is 4.16. The Balaban J connectivity index is 2.75. The van der Waals surface area contributed by atoms with Crippen LogP contribution in [0, 0.1) is 3.57 Å². The molecule has 0 N–H and O–H groups in total. The molecule has 2 heteroatoms. The lowest BCUT2D eigenvalue weighted by Gasteiger charge is -1.96. The number of benzene rings is 1. The third-order valence-corrected chi connectivity index (χ3v) is 2.18. The number of hydrogen-bond donors (Lipinski definition) is 1. The van der Waals surface area contributed by atoms with Gasteiger partial charge in [-0.3, -0.25) is 0 Å². The Labute approximate surface area is 80.6 Å². The zero-order valence-electron chi connectivity index (χ0n) is 5.55. The quantitative estimate of drug-likeness (QED) is 0.616. The summed E-state index contributed by atoms with van der Waals surface area (Å²) in [5.41, 5.74) is 1.38. The molecule has 1 aromatic rings. The fourth-order valence-electron chi connectivity index (χ4n) is 0.822. The van der Waals surface area contributed by atoms with E-state index in [1.165, 1.54) is 9.13 Å². The van der Waals surface area contributed by atoms with Crippen molar-refractivity contribution in [3.05, 3.63) is 33.4 Å². The predicted octanol–water partition coefficient (Wildman–Crippen LogP) is 2.76. The average molecular weight is 264 g/mol. The summed E-state index contributed by atoms with van der Waals surface area (Å²) in [5.74, 6) is 0.931. The first-order valence-electron chi connectivity index (χ1n) is 3.18. The monoisotopic (exact) mass is 264 g/mol. The summed E-state index contributed by atoms with van der Waals surface area (Å²) >= 11 is 6.48. The number of rotatable bonds is 2. The first-order valence-corrected chi connectivity index (χ1v) is 4.89. The number of aryl methyl sites for hydroxylation is 1. The molecular weight excluding hydrogens is 255 g/mol. The molecule has 0 bridgehead atoms. The van der Waals surface area contributed by atoms with E-state index in [2.05, 4.69) is 59.5 Å². The molecule has 0 atom stereocenters. The predicted molar refractivity (Wildman–Crippen MR) is 56.7 cm³/mol. The molecule has 0 saturated carbocycles. The average Bonchev–Trinajstić information content (AvgIpc) is 1.88. The van der Waals surface area contributed by atoms with Crippen LogP contribution < -0.4 is 0 Å². The topological polar surface area (TPSA) is 0 Å². The third-order valence-electron chi connectivity index (χ3n) is 1.29. The molecule has 54 valence electrons. The Morgan fingerprint density at radius 2 is 2.20 bits per heavy atom. The molecule has 10 heavy (non-hydrogen) atoms. The maximum absolute atomic E-state index is 4.16. The smallest absolute Gasteiger partial charge is 0.0133 e. The summed E-state index contributed by atoms with van der Waals surface area (Å²) in [6.07, 6.45) is 1.07. The van der Waals surface area contributed by atoms with E-state index in [1.807, 2.05) is 0 Å².